The molecular weight excluding hydrogens is 262 g/mol. The van der Waals surface area contributed by atoms with Crippen LogP contribution in [0, 0.1) is 10.1 Å². The standard InChI is InChI=1S/C13H13N3O4/c1-2-3-4-8-12(17)14-15-13(18)10-6-5-7-11(9-10)16(19)20/h2-9H,1H3,(H,14,17)(H,15,18)/b3-2+,8-4-. The maximum atomic E-state index is 11.7. The fourth-order valence-electron chi connectivity index (χ4n) is 1.25. The highest BCUT2D eigenvalue weighted by Crippen LogP contribution is 2.12. The maximum absolute atomic E-state index is 11.7. The predicted molar refractivity (Wildman–Crippen MR) is 72.7 cm³/mol. The first-order valence-electron chi connectivity index (χ1n) is 5.68. The first-order chi connectivity index (χ1) is 9.54. The Morgan fingerprint density at radius 1 is 1.25 bits per heavy atom. The fraction of sp³-hybridized carbons (Fsp3) is 0.0769. The number of non-ortho nitro benzene ring substituents is 1. The minimum Gasteiger partial charge on any atom is -0.268 e. The third-order valence-corrected chi connectivity index (χ3v) is 2.17. The van der Waals surface area contributed by atoms with Gasteiger partial charge in [-0.05, 0) is 13.0 Å². The van der Waals surface area contributed by atoms with Crippen LogP contribution in [0.2, 0.25) is 0 Å². The van der Waals surface area contributed by atoms with Crippen molar-refractivity contribution >= 4 is 17.5 Å². The number of allylic oxidation sites excluding steroid dienone is 3. The molecule has 0 aliphatic carbocycles. The topological polar surface area (TPSA) is 101 Å². The zero-order chi connectivity index (χ0) is 15.0. The predicted octanol–water partition coefficient (Wildman–Crippen LogP) is 1.49. The molecule has 0 aliphatic rings. The van der Waals surface area contributed by atoms with Gasteiger partial charge in [0.15, 0.2) is 0 Å². The highest BCUT2D eigenvalue weighted by molar-refractivity contribution is 5.97. The number of nitro benzene ring substituents is 1. The Morgan fingerprint density at radius 2 is 2.00 bits per heavy atom. The van der Waals surface area contributed by atoms with Gasteiger partial charge in [-0.3, -0.25) is 30.6 Å². The van der Waals surface area contributed by atoms with Crippen LogP contribution in [0.5, 0.6) is 0 Å². The zero-order valence-corrected chi connectivity index (χ0v) is 10.7. The quantitative estimate of drug-likeness (QED) is 0.376. The summed E-state index contributed by atoms with van der Waals surface area (Å²) < 4.78 is 0. The van der Waals surface area contributed by atoms with Gasteiger partial charge in [0, 0.05) is 23.8 Å². The van der Waals surface area contributed by atoms with E-state index in [9.17, 15) is 19.7 Å². The van der Waals surface area contributed by atoms with Crippen LogP contribution in [0.3, 0.4) is 0 Å². The lowest BCUT2D eigenvalue weighted by Crippen LogP contribution is -2.40. The number of nitro groups is 1. The molecule has 1 aromatic carbocycles. The summed E-state index contributed by atoms with van der Waals surface area (Å²) in [6, 6.07) is 5.19. The van der Waals surface area contributed by atoms with E-state index in [1.54, 1.807) is 19.1 Å². The number of benzene rings is 1. The number of carbonyl (C=O) groups is 2. The van der Waals surface area contributed by atoms with Gasteiger partial charge in [0.25, 0.3) is 17.5 Å². The lowest BCUT2D eigenvalue weighted by molar-refractivity contribution is -0.384. The minimum absolute atomic E-state index is 0.0805. The fourth-order valence-corrected chi connectivity index (χ4v) is 1.25. The highest BCUT2D eigenvalue weighted by atomic mass is 16.6. The molecule has 0 aliphatic heterocycles. The molecule has 1 aromatic rings. The second-order valence-electron chi connectivity index (χ2n) is 3.64. The van der Waals surface area contributed by atoms with Gasteiger partial charge < -0.3 is 0 Å². The van der Waals surface area contributed by atoms with Gasteiger partial charge in [-0.15, -0.1) is 0 Å². The summed E-state index contributed by atoms with van der Waals surface area (Å²) >= 11 is 0. The number of hydrogen-bond donors (Lipinski definition) is 2. The molecule has 0 heterocycles. The number of hydrogen-bond acceptors (Lipinski definition) is 4. The summed E-state index contributed by atoms with van der Waals surface area (Å²) in [5.41, 5.74) is 4.20. The zero-order valence-electron chi connectivity index (χ0n) is 10.7. The van der Waals surface area contributed by atoms with Crippen molar-refractivity contribution in [3.8, 4) is 0 Å². The lowest BCUT2D eigenvalue weighted by atomic mass is 10.2. The van der Waals surface area contributed by atoms with Crippen LogP contribution in [0.15, 0.2) is 48.6 Å². The van der Waals surface area contributed by atoms with Crippen molar-refractivity contribution in [2.24, 2.45) is 0 Å². The van der Waals surface area contributed by atoms with Crippen molar-refractivity contribution in [3.63, 3.8) is 0 Å². The summed E-state index contributed by atoms with van der Waals surface area (Å²) in [6.45, 7) is 1.80. The summed E-state index contributed by atoms with van der Waals surface area (Å²) in [4.78, 5) is 32.9. The average Bonchev–Trinajstić information content (AvgIpc) is 2.45. The lowest BCUT2D eigenvalue weighted by Gasteiger charge is -2.04. The van der Waals surface area contributed by atoms with Gasteiger partial charge in [-0.25, -0.2) is 0 Å². The van der Waals surface area contributed by atoms with Gasteiger partial charge in [0.2, 0.25) is 0 Å². The first-order valence-corrected chi connectivity index (χ1v) is 5.68. The second kappa shape index (κ2) is 7.47. The van der Waals surface area contributed by atoms with E-state index >= 15 is 0 Å². The largest absolute Gasteiger partial charge is 0.270 e. The first kappa shape index (κ1) is 15.1. The Kier molecular flexibility index (Phi) is 5.64. The van der Waals surface area contributed by atoms with Crippen LogP contribution < -0.4 is 10.9 Å². The van der Waals surface area contributed by atoms with Crippen molar-refractivity contribution in [1.29, 1.82) is 0 Å². The number of rotatable bonds is 4. The van der Waals surface area contributed by atoms with Crippen molar-refractivity contribution in [3.05, 3.63) is 64.2 Å². The number of nitrogens with zero attached hydrogens (tertiary/aromatic N) is 1. The van der Waals surface area contributed by atoms with Crippen LogP contribution >= 0.6 is 0 Å². The smallest absolute Gasteiger partial charge is 0.268 e. The van der Waals surface area contributed by atoms with E-state index in [-0.39, 0.29) is 11.3 Å². The SMILES string of the molecule is C/C=C/C=C\C(=O)NNC(=O)c1cccc([N+](=O)[O-])c1. The Balaban J connectivity index is 2.61. The maximum Gasteiger partial charge on any atom is 0.270 e. The molecule has 104 valence electrons. The van der Waals surface area contributed by atoms with Crippen molar-refractivity contribution in [2.75, 3.05) is 0 Å². The molecule has 2 N–H and O–H groups in total. The second-order valence-corrected chi connectivity index (χ2v) is 3.64. The molecule has 0 fully saturated rings. The third-order valence-electron chi connectivity index (χ3n) is 2.17. The molecule has 0 saturated heterocycles. The van der Waals surface area contributed by atoms with Crippen LogP contribution in [-0.4, -0.2) is 16.7 Å². The molecule has 20 heavy (non-hydrogen) atoms. The normalized spacial score (nSPS) is 10.7. The van der Waals surface area contributed by atoms with Crippen LogP contribution in [0.4, 0.5) is 5.69 Å². The van der Waals surface area contributed by atoms with Crippen LogP contribution in [-0.2, 0) is 4.79 Å². The molecule has 2 amide bonds. The molecule has 0 aromatic heterocycles. The van der Waals surface area contributed by atoms with Gasteiger partial charge in [0.1, 0.15) is 0 Å². The van der Waals surface area contributed by atoms with Crippen LogP contribution in [0.25, 0.3) is 0 Å². The van der Waals surface area contributed by atoms with Gasteiger partial charge in [-0.2, -0.15) is 0 Å². The molecule has 7 nitrogen and oxygen atoms in total. The molecular formula is C13H13N3O4. The minimum atomic E-state index is -0.638. The number of hydrazine groups is 1. The van der Waals surface area contributed by atoms with E-state index in [1.807, 2.05) is 0 Å². The molecule has 0 saturated carbocycles. The third kappa shape index (κ3) is 4.73. The Hall–Kier alpha value is -2.96. The van der Waals surface area contributed by atoms with Crippen molar-refractivity contribution in [1.82, 2.24) is 10.9 Å². The van der Waals surface area contributed by atoms with Crippen LogP contribution in [0.1, 0.15) is 17.3 Å². The molecule has 0 unspecified atom stereocenters. The van der Waals surface area contributed by atoms with Crippen molar-refractivity contribution in [2.45, 2.75) is 6.92 Å². The van der Waals surface area contributed by atoms with Gasteiger partial charge >= 0.3 is 0 Å². The summed E-state index contributed by atoms with van der Waals surface area (Å²) in [6.07, 6.45) is 6.13. The number of carbonyl (C=O) groups excluding carboxylic acids is 2. The van der Waals surface area contributed by atoms with E-state index in [1.165, 1.54) is 30.4 Å². The Morgan fingerprint density at radius 3 is 2.65 bits per heavy atom. The Labute approximate surface area is 115 Å². The number of nitrogens with one attached hydrogen (secondary N) is 2. The van der Waals surface area contributed by atoms with E-state index in [2.05, 4.69) is 10.9 Å². The Bertz CT molecular complexity index is 579. The van der Waals surface area contributed by atoms with Gasteiger partial charge in [-0.1, -0.05) is 24.3 Å². The van der Waals surface area contributed by atoms with E-state index in [4.69, 9.17) is 0 Å². The van der Waals surface area contributed by atoms with Crippen molar-refractivity contribution < 1.29 is 14.5 Å². The highest BCUT2D eigenvalue weighted by Gasteiger charge is 2.11. The van der Waals surface area contributed by atoms with E-state index < -0.39 is 16.7 Å². The molecule has 0 atom stereocenters. The number of amides is 2. The molecule has 0 radical (unpaired) electrons. The van der Waals surface area contributed by atoms with Gasteiger partial charge in [0.05, 0.1) is 4.92 Å². The average molecular weight is 275 g/mol. The molecule has 0 bridgehead atoms. The molecule has 7 heteroatoms. The molecule has 0 spiro atoms. The monoisotopic (exact) mass is 275 g/mol. The molecule has 1 rings (SSSR count). The summed E-state index contributed by atoms with van der Waals surface area (Å²) in [5.74, 6) is -1.15. The van der Waals surface area contributed by atoms with E-state index in [0.717, 1.165) is 6.07 Å². The summed E-state index contributed by atoms with van der Waals surface area (Å²) in [7, 11) is 0. The summed E-state index contributed by atoms with van der Waals surface area (Å²) in [5, 5.41) is 10.6. The van der Waals surface area contributed by atoms with E-state index in [0.29, 0.717) is 0 Å².